The Morgan fingerprint density at radius 1 is 1.07 bits per heavy atom. The van der Waals surface area contributed by atoms with Gasteiger partial charge in [0.25, 0.3) is 5.56 Å². The lowest BCUT2D eigenvalue weighted by atomic mass is 10.1. The van der Waals surface area contributed by atoms with Gasteiger partial charge in [0.1, 0.15) is 5.65 Å². The number of H-pyrrole nitrogens is 1. The Bertz CT molecular complexity index is 1810. The first-order valence-corrected chi connectivity index (χ1v) is 17.3. The molecule has 0 aliphatic carbocycles. The molecule has 1 aromatic carbocycles. The van der Waals surface area contributed by atoms with E-state index in [1.165, 1.54) is 4.57 Å². The lowest BCUT2D eigenvalue weighted by Crippen LogP contribution is -2.41. The van der Waals surface area contributed by atoms with Gasteiger partial charge in [0, 0.05) is 43.3 Å². The molecule has 224 valence electrons. The molecule has 0 saturated heterocycles. The van der Waals surface area contributed by atoms with E-state index in [1.807, 2.05) is 0 Å². The van der Waals surface area contributed by atoms with Crippen LogP contribution in [-0.4, -0.2) is 49.9 Å². The predicted molar refractivity (Wildman–Crippen MR) is 171 cm³/mol. The van der Waals surface area contributed by atoms with Gasteiger partial charge >= 0.3 is 0 Å². The van der Waals surface area contributed by atoms with Crippen molar-refractivity contribution in [1.29, 1.82) is 0 Å². The standard InChI is InChI=1S/C29H32Cl2N8O3Si/c1-29(2,3)43(5,6)41-13-12-21-22(16-33-36-21)42-24-11-10-23(37-38-24)34-28-32-15-17-14-18(27(40)39(4)26(17)35-28)25-19(30)8-7-9-20(25)31/h7-11,14-16H,12-13H2,1-6H3,(H,33,36)(H,32,34,35,37). The number of halogens is 2. The predicted octanol–water partition coefficient (Wildman–Crippen LogP) is 6.92. The summed E-state index contributed by atoms with van der Waals surface area (Å²) in [7, 11) is -0.222. The number of nitrogens with zero attached hydrogens (tertiary/aromatic N) is 6. The van der Waals surface area contributed by atoms with E-state index in [4.69, 9.17) is 32.4 Å². The van der Waals surface area contributed by atoms with Crippen molar-refractivity contribution in [3.63, 3.8) is 0 Å². The number of ether oxygens (including phenoxy) is 1. The normalized spacial score (nSPS) is 12.1. The zero-order valence-electron chi connectivity index (χ0n) is 24.7. The number of benzene rings is 1. The average molecular weight is 640 g/mol. The molecular formula is C29H32Cl2N8O3Si. The third-order valence-electron chi connectivity index (χ3n) is 7.57. The van der Waals surface area contributed by atoms with Crippen LogP contribution in [0.25, 0.3) is 22.2 Å². The number of aromatic amines is 1. The maximum absolute atomic E-state index is 13.2. The minimum Gasteiger partial charge on any atom is -0.434 e. The summed E-state index contributed by atoms with van der Waals surface area (Å²) in [5.41, 5.74) is 1.78. The highest BCUT2D eigenvalue weighted by atomic mass is 35.5. The Morgan fingerprint density at radius 3 is 2.49 bits per heavy atom. The topological polar surface area (TPSA) is 133 Å². The first-order valence-electron chi connectivity index (χ1n) is 13.6. The maximum atomic E-state index is 13.2. The van der Waals surface area contributed by atoms with Crippen LogP contribution in [0.1, 0.15) is 26.5 Å². The van der Waals surface area contributed by atoms with Crippen molar-refractivity contribution in [3.05, 3.63) is 74.9 Å². The molecule has 0 unspecified atom stereocenters. The van der Waals surface area contributed by atoms with Gasteiger partial charge in [-0.2, -0.15) is 10.1 Å². The van der Waals surface area contributed by atoms with Gasteiger partial charge in [-0.1, -0.05) is 50.0 Å². The molecule has 0 aliphatic rings. The number of anilines is 2. The Hall–Kier alpha value is -3.84. The van der Waals surface area contributed by atoms with Crippen molar-refractivity contribution < 1.29 is 9.16 Å². The zero-order chi connectivity index (χ0) is 30.9. The summed E-state index contributed by atoms with van der Waals surface area (Å²) in [6, 6.07) is 10.2. The van der Waals surface area contributed by atoms with E-state index < -0.39 is 8.32 Å². The van der Waals surface area contributed by atoms with Gasteiger partial charge < -0.3 is 14.5 Å². The fourth-order valence-electron chi connectivity index (χ4n) is 4.10. The quantitative estimate of drug-likeness (QED) is 0.165. The van der Waals surface area contributed by atoms with Crippen LogP contribution < -0.4 is 15.6 Å². The summed E-state index contributed by atoms with van der Waals surface area (Å²) in [6.07, 6.45) is 3.84. The van der Waals surface area contributed by atoms with Gasteiger partial charge in [-0.25, -0.2) is 4.98 Å². The lowest BCUT2D eigenvalue weighted by molar-refractivity contribution is 0.289. The minimum absolute atomic E-state index is 0.135. The van der Waals surface area contributed by atoms with Crippen LogP contribution in [0.4, 0.5) is 11.8 Å². The van der Waals surface area contributed by atoms with Crippen molar-refractivity contribution in [2.45, 2.75) is 45.3 Å². The third-order valence-corrected chi connectivity index (χ3v) is 12.7. The molecule has 0 fully saturated rings. The number of fused-ring (bicyclic) bond motifs is 1. The van der Waals surface area contributed by atoms with Crippen LogP contribution >= 0.6 is 23.2 Å². The molecule has 14 heteroatoms. The van der Waals surface area contributed by atoms with E-state index in [2.05, 4.69) is 69.5 Å². The molecule has 0 radical (unpaired) electrons. The minimum atomic E-state index is -1.85. The SMILES string of the molecule is Cn1c(=O)c(-c2c(Cl)cccc2Cl)cc2cnc(Nc3ccc(Oc4cn[nH]c4CCO[Si](C)(C)C(C)(C)C)nn3)nc21. The first-order chi connectivity index (χ1) is 20.3. The van der Waals surface area contributed by atoms with E-state index in [0.717, 1.165) is 5.69 Å². The smallest absolute Gasteiger partial charge is 0.259 e. The molecule has 43 heavy (non-hydrogen) atoms. The fourth-order valence-corrected chi connectivity index (χ4v) is 5.75. The van der Waals surface area contributed by atoms with Gasteiger partial charge in [-0.05, 0) is 42.4 Å². The zero-order valence-corrected chi connectivity index (χ0v) is 27.2. The number of nitrogens with one attached hydrogen (secondary N) is 2. The van der Waals surface area contributed by atoms with Crippen molar-refractivity contribution in [3.8, 4) is 22.8 Å². The molecule has 0 saturated carbocycles. The lowest BCUT2D eigenvalue weighted by Gasteiger charge is -2.36. The second-order valence-corrected chi connectivity index (χ2v) is 17.2. The van der Waals surface area contributed by atoms with Crippen LogP contribution in [0, 0.1) is 0 Å². The highest BCUT2D eigenvalue weighted by Gasteiger charge is 2.37. The van der Waals surface area contributed by atoms with Gasteiger partial charge in [-0.15, -0.1) is 10.2 Å². The Balaban J connectivity index is 1.28. The van der Waals surface area contributed by atoms with Crippen molar-refractivity contribution in [1.82, 2.24) is 34.9 Å². The molecule has 2 N–H and O–H groups in total. The molecule has 11 nitrogen and oxygen atoms in total. The van der Waals surface area contributed by atoms with E-state index in [0.29, 0.717) is 62.7 Å². The number of hydrogen-bond acceptors (Lipinski definition) is 9. The summed E-state index contributed by atoms with van der Waals surface area (Å²) in [5.74, 6) is 1.50. The highest BCUT2D eigenvalue weighted by molar-refractivity contribution is 6.74. The van der Waals surface area contributed by atoms with E-state index in [9.17, 15) is 4.79 Å². The van der Waals surface area contributed by atoms with Crippen LogP contribution in [0.3, 0.4) is 0 Å². The molecule has 0 bridgehead atoms. The molecule has 0 amide bonds. The molecule has 5 rings (SSSR count). The first kappa shape index (κ1) is 30.6. The summed E-state index contributed by atoms with van der Waals surface area (Å²) in [6.45, 7) is 11.7. The largest absolute Gasteiger partial charge is 0.434 e. The molecular weight excluding hydrogens is 607 g/mol. The van der Waals surface area contributed by atoms with E-state index >= 15 is 0 Å². The second-order valence-electron chi connectivity index (χ2n) is 11.5. The average Bonchev–Trinajstić information content (AvgIpc) is 3.38. The molecule has 0 atom stereocenters. The van der Waals surface area contributed by atoms with Crippen LogP contribution in [0.2, 0.25) is 28.2 Å². The molecule has 0 spiro atoms. The van der Waals surface area contributed by atoms with Gasteiger partial charge in [0.05, 0.1) is 27.5 Å². The Kier molecular flexibility index (Phi) is 8.57. The van der Waals surface area contributed by atoms with Crippen molar-refractivity contribution >= 4 is 54.3 Å². The monoisotopic (exact) mass is 638 g/mol. The van der Waals surface area contributed by atoms with Crippen LogP contribution in [0.5, 0.6) is 11.6 Å². The number of aryl methyl sites for hydroxylation is 1. The second kappa shape index (κ2) is 12.0. The maximum Gasteiger partial charge on any atom is 0.259 e. The van der Waals surface area contributed by atoms with Crippen molar-refractivity contribution in [2.75, 3.05) is 11.9 Å². The fraction of sp³-hybridized carbons (Fsp3) is 0.310. The van der Waals surface area contributed by atoms with Gasteiger partial charge in [0.2, 0.25) is 11.8 Å². The van der Waals surface area contributed by atoms with Gasteiger partial charge in [0.15, 0.2) is 19.9 Å². The third kappa shape index (κ3) is 6.57. The van der Waals surface area contributed by atoms with Gasteiger partial charge in [-0.3, -0.25) is 14.5 Å². The van der Waals surface area contributed by atoms with Crippen LogP contribution in [0.15, 0.2) is 53.6 Å². The summed E-state index contributed by atoms with van der Waals surface area (Å²) in [4.78, 5) is 22.1. The molecule has 0 aliphatic heterocycles. The Morgan fingerprint density at radius 2 is 1.81 bits per heavy atom. The number of aromatic nitrogens is 7. The van der Waals surface area contributed by atoms with E-state index in [-0.39, 0.29) is 16.5 Å². The number of hydrogen-bond donors (Lipinski definition) is 2. The van der Waals surface area contributed by atoms with Crippen molar-refractivity contribution in [2.24, 2.45) is 7.05 Å². The summed E-state index contributed by atoms with van der Waals surface area (Å²) in [5, 5.41) is 20.0. The summed E-state index contributed by atoms with van der Waals surface area (Å²) >= 11 is 12.7. The number of pyridine rings is 1. The summed E-state index contributed by atoms with van der Waals surface area (Å²) < 4.78 is 13.6. The molecule has 4 heterocycles. The molecule has 4 aromatic heterocycles. The molecule has 5 aromatic rings. The number of rotatable bonds is 9. The van der Waals surface area contributed by atoms with E-state index in [1.54, 1.807) is 55.8 Å². The van der Waals surface area contributed by atoms with Crippen LogP contribution in [-0.2, 0) is 17.9 Å². The Labute approximate surface area is 259 Å². The highest BCUT2D eigenvalue weighted by Crippen LogP contribution is 2.37.